The minimum absolute atomic E-state index is 0.277. The monoisotopic (exact) mass is 274 g/mol. The molecule has 0 aliphatic carbocycles. The Hall–Kier alpha value is -1.88. The molecule has 1 aromatic carbocycles. The summed E-state index contributed by atoms with van der Waals surface area (Å²) in [5, 5.41) is 4.25. The fourth-order valence-corrected chi connectivity index (χ4v) is 2.23. The summed E-state index contributed by atoms with van der Waals surface area (Å²) >= 11 is 0. The molecule has 0 fully saturated rings. The highest BCUT2D eigenvalue weighted by Crippen LogP contribution is 2.24. The third-order valence-corrected chi connectivity index (χ3v) is 3.41. The van der Waals surface area contributed by atoms with E-state index in [4.69, 9.17) is 10.5 Å². The molecule has 2 N–H and O–H groups in total. The van der Waals surface area contributed by atoms with Crippen molar-refractivity contribution in [2.45, 2.75) is 38.8 Å². The van der Waals surface area contributed by atoms with Gasteiger partial charge in [0, 0.05) is 18.0 Å². The Bertz CT molecular complexity index is 558. The lowest BCUT2D eigenvalue weighted by atomic mass is 9.89. The molecule has 0 bridgehead atoms. The topological polar surface area (TPSA) is 66.0 Å². The second-order valence-electron chi connectivity index (χ2n) is 5.54. The van der Waals surface area contributed by atoms with E-state index >= 15 is 0 Å². The molecule has 1 heterocycles. The van der Waals surface area contributed by atoms with Crippen LogP contribution in [0, 0.1) is 0 Å². The summed E-state index contributed by atoms with van der Waals surface area (Å²) in [6.45, 7) is 6.17. The fraction of sp³-hybridized carbons (Fsp3) is 0.467. The number of hydrogen-bond acceptors (Lipinski definition) is 4. The first-order valence-electron chi connectivity index (χ1n) is 6.76. The Labute approximate surface area is 119 Å². The zero-order valence-corrected chi connectivity index (χ0v) is 12.5. The molecule has 5 nitrogen and oxygen atoms in total. The molecule has 0 aliphatic heterocycles. The van der Waals surface area contributed by atoms with Crippen molar-refractivity contribution in [3.63, 3.8) is 0 Å². The van der Waals surface area contributed by atoms with Crippen LogP contribution in [-0.2, 0) is 12.0 Å². The van der Waals surface area contributed by atoms with E-state index in [-0.39, 0.29) is 6.04 Å². The van der Waals surface area contributed by atoms with Gasteiger partial charge in [-0.25, -0.2) is 9.67 Å². The summed E-state index contributed by atoms with van der Waals surface area (Å²) in [5.41, 5.74) is 7.03. The summed E-state index contributed by atoms with van der Waals surface area (Å²) in [7, 11) is 1.65. The van der Waals surface area contributed by atoms with Crippen LogP contribution < -0.4 is 10.5 Å². The predicted octanol–water partition coefficient (Wildman–Crippen LogP) is 2.28. The molecule has 5 heteroatoms. The summed E-state index contributed by atoms with van der Waals surface area (Å²) in [5.74, 6) is 1.73. The van der Waals surface area contributed by atoms with Crippen LogP contribution in [0.15, 0.2) is 30.6 Å². The number of methoxy groups -OCH3 is 1. The molecule has 0 spiro atoms. The first-order valence-corrected chi connectivity index (χ1v) is 6.76. The van der Waals surface area contributed by atoms with Gasteiger partial charge < -0.3 is 10.5 Å². The van der Waals surface area contributed by atoms with Crippen molar-refractivity contribution in [1.82, 2.24) is 14.8 Å². The van der Waals surface area contributed by atoms with E-state index in [1.807, 2.05) is 35.9 Å². The van der Waals surface area contributed by atoms with Crippen LogP contribution in [0.2, 0.25) is 0 Å². The molecule has 0 saturated heterocycles. The van der Waals surface area contributed by atoms with E-state index in [0.717, 1.165) is 17.1 Å². The maximum atomic E-state index is 6.47. The smallest absolute Gasteiger partial charge is 0.138 e. The van der Waals surface area contributed by atoms with Gasteiger partial charge >= 0.3 is 0 Å². The van der Waals surface area contributed by atoms with Gasteiger partial charge in [-0.3, -0.25) is 0 Å². The first kappa shape index (κ1) is 14.5. The van der Waals surface area contributed by atoms with Crippen LogP contribution in [-0.4, -0.2) is 21.9 Å². The molecular weight excluding hydrogens is 252 g/mol. The molecular formula is C15H22N4O. The van der Waals surface area contributed by atoms with E-state index in [1.165, 1.54) is 0 Å². The van der Waals surface area contributed by atoms with Crippen LogP contribution >= 0.6 is 0 Å². The number of aromatic nitrogens is 3. The Morgan fingerprint density at radius 3 is 2.50 bits per heavy atom. The van der Waals surface area contributed by atoms with Crippen molar-refractivity contribution in [1.29, 1.82) is 0 Å². The number of ether oxygens (including phenoxy) is 1. The molecule has 20 heavy (non-hydrogen) atoms. The number of rotatable bonds is 5. The van der Waals surface area contributed by atoms with E-state index in [2.05, 4.69) is 23.9 Å². The summed E-state index contributed by atoms with van der Waals surface area (Å²) in [6, 6.07) is 8.12. The van der Waals surface area contributed by atoms with Gasteiger partial charge in [0.25, 0.3) is 0 Å². The second-order valence-corrected chi connectivity index (χ2v) is 5.54. The molecule has 2 aromatic rings. The quantitative estimate of drug-likeness (QED) is 0.908. The van der Waals surface area contributed by atoms with Crippen LogP contribution in [0.1, 0.15) is 38.2 Å². The van der Waals surface area contributed by atoms with Crippen LogP contribution in [0.5, 0.6) is 5.75 Å². The maximum absolute atomic E-state index is 6.47. The Morgan fingerprint density at radius 2 is 1.95 bits per heavy atom. The van der Waals surface area contributed by atoms with E-state index < -0.39 is 5.54 Å². The highest BCUT2D eigenvalue weighted by molar-refractivity contribution is 5.31. The molecule has 1 unspecified atom stereocenters. The predicted molar refractivity (Wildman–Crippen MR) is 78.6 cm³/mol. The Balaban J connectivity index is 2.23. The van der Waals surface area contributed by atoms with Crippen molar-refractivity contribution < 1.29 is 4.74 Å². The largest absolute Gasteiger partial charge is 0.497 e. The lowest BCUT2D eigenvalue weighted by molar-refractivity contribution is 0.412. The molecule has 1 atom stereocenters. The van der Waals surface area contributed by atoms with Crippen molar-refractivity contribution >= 4 is 0 Å². The minimum Gasteiger partial charge on any atom is -0.497 e. The Kier molecular flexibility index (Phi) is 4.09. The third-order valence-electron chi connectivity index (χ3n) is 3.41. The van der Waals surface area contributed by atoms with Crippen LogP contribution in [0.25, 0.3) is 0 Å². The lowest BCUT2D eigenvalue weighted by Crippen LogP contribution is -2.36. The number of nitrogens with two attached hydrogens (primary N) is 1. The molecule has 0 radical (unpaired) electrons. The van der Waals surface area contributed by atoms with Gasteiger partial charge in [-0.2, -0.15) is 5.10 Å². The van der Waals surface area contributed by atoms with E-state index in [0.29, 0.717) is 6.42 Å². The number of nitrogens with zero attached hydrogens (tertiary/aromatic N) is 3. The van der Waals surface area contributed by atoms with Gasteiger partial charge in [0.2, 0.25) is 0 Å². The Morgan fingerprint density at radius 1 is 1.30 bits per heavy atom. The number of benzene rings is 1. The SMILES string of the molecule is COc1ccc(C(C)(N)Cc2ncnn2C(C)C)cc1. The zero-order chi connectivity index (χ0) is 14.8. The second kappa shape index (κ2) is 5.63. The highest BCUT2D eigenvalue weighted by atomic mass is 16.5. The van der Waals surface area contributed by atoms with Gasteiger partial charge in [0.15, 0.2) is 0 Å². The van der Waals surface area contributed by atoms with Gasteiger partial charge in [-0.05, 0) is 38.5 Å². The van der Waals surface area contributed by atoms with Gasteiger partial charge in [0.05, 0.1) is 7.11 Å². The summed E-state index contributed by atoms with van der Waals surface area (Å²) < 4.78 is 7.08. The van der Waals surface area contributed by atoms with Crippen molar-refractivity contribution in [2.75, 3.05) is 7.11 Å². The summed E-state index contributed by atoms with van der Waals surface area (Å²) in [6.07, 6.45) is 2.22. The zero-order valence-electron chi connectivity index (χ0n) is 12.5. The summed E-state index contributed by atoms with van der Waals surface area (Å²) in [4.78, 5) is 4.33. The molecule has 108 valence electrons. The van der Waals surface area contributed by atoms with Crippen molar-refractivity contribution in [3.8, 4) is 5.75 Å². The minimum atomic E-state index is -0.494. The lowest BCUT2D eigenvalue weighted by Gasteiger charge is -2.25. The van der Waals surface area contributed by atoms with E-state index in [9.17, 15) is 0 Å². The van der Waals surface area contributed by atoms with Gasteiger partial charge in [-0.1, -0.05) is 12.1 Å². The third kappa shape index (κ3) is 2.99. The van der Waals surface area contributed by atoms with Crippen LogP contribution in [0.3, 0.4) is 0 Å². The standard InChI is InChI=1S/C15H22N4O/c1-11(2)19-14(17-10-18-19)9-15(3,16)12-5-7-13(20-4)8-6-12/h5-8,10-11H,9,16H2,1-4H3. The van der Waals surface area contributed by atoms with E-state index in [1.54, 1.807) is 13.4 Å². The average molecular weight is 274 g/mol. The van der Waals surface area contributed by atoms with Crippen molar-refractivity contribution in [3.05, 3.63) is 42.0 Å². The normalized spacial score (nSPS) is 14.3. The first-order chi connectivity index (χ1) is 9.44. The van der Waals surface area contributed by atoms with Crippen molar-refractivity contribution in [2.24, 2.45) is 5.73 Å². The maximum Gasteiger partial charge on any atom is 0.138 e. The average Bonchev–Trinajstić information content (AvgIpc) is 2.86. The van der Waals surface area contributed by atoms with Crippen LogP contribution in [0.4, 0.5) is 0 Å². The molecule has 2 rings (SSSR count). The highest BCUT2D eigenvalue weighted by Gasteiger charge is 2.25. The molecule has 1 aromatic heterocycles. The number of hydrogen-bond donors (Lipinski definition) is 1. The molecule has 0 amide bonds. The van der Waals surface area contributed by atoms with Gasteiger partial charge in [-0.15, -0.1) is 0 Å². The molecule has 0 aliphatic rings. The van der Waals surface area contributed by atoms with Gasteiger partial charge in [0.1, 0.15) is 17.9 Å². The fourth-order valence-electron chi connectivity index (χ4n) is 2.23. The molecule has 0 saturated carbocycles.